The maximum Gasteiger partial charge on any atom is 0.460 e. The highest BCUT2D eigenvalue weighted by Crippen LogP contribution is 2.60. The van der Waals surface area contributed by atoms with Crippen LogP contribution in [0.15, 0.2) is 0 Å². The molecule has 0 aromatic carbocycles. The average Bonchev–Trinajstić information content (AvgIpc) is 3.09. The number of esters is 1. The van der Waals surface area contributed by atoms with E-state index in [2.05, 4.69) is 0 Å². The molecule has 0 bridgehead atoms. The number of carbonyl (C=O) groups is 2. The van der Waals surface area contributed by atoms with Crippen LogP contribution in [0.5, 0.6) is 0 Å². The fraction of sp³-hybridized carbons (Fsp3) is 0.684. The van der Waals surface area contributed by atoms with Gasteiger partial charge in [-0.3, -0.25) is 4.79 Å². The van der Waals surface area contributed by atoms with E-state index in [9.17, 15) is 66.7 Å². The van der Waals surface area contributed by atoms with E-state index < -0.39 is 64.3 Å². The van der Waals surface area contributed by atoms with E-state index in [-0.39, 0.29) is 23.3 Å². The molecule has 0 saturated carbocycles. The molecule has 0 fully saturated rings. The van der Waals surface area contributed by atoms with Gasteiger partial charge in [-0.15, -0.1) is 11.3 Å². The lowest BCUT2D eigenvalue weighted by atomic mass is 9.93. The monoisotopic (exact) mass is 585 g/mol. The van der Waals surface area contributed by atoms with Crippen LogP contribution in [0, 0.1) is 0 Å². The standard InChI is InChI=1S/C19H16F13NO3S/c1-7(2)36-12(34)10-8-5-3-4-6-9(8)37-11(10)33-13(35)14(20,21)15(22,23)16(24,25)17(26,27)18(28,29)19(30,31)32/h7H,3-6H2,1-2H3,(H,33,35). The molecule has 1 heterocycles. The third-order valence-electron chi connectivity index (χ3n) is 5.16. The Kier molecular flexibility index (Phi) is 7.93. The Bertz CT molecular complexity index is 1050. The van der Waals surface area contributed by atoms with Gasteiger partial charge in [0.1, 0.15) is 5.00 Å². The molecule has 0 unspecified atom stereocenters. The van der Waals surface area contributed by atoms with Crippen molar-refractivity contribution in [3.63, 3.8) is 0 Å². The summed E-state index contributed by atoms with van der Waals surface area (Å²) in [4.78, 5) is 24.6. The molecule has 1 aliphatic rings. The van der Waals surface area contributed by atoms with Gasteiger partial charge < -0.3 is 10.1 Å². The number of ether oxygens (including phenoxy) is 1. The van der Waals surface area contributed by atoms with Gasteiger partial charge in [-0.05, 0) is 45.1 Å². The van der Waals surface area contributed by atoms with E-state index in [0.29, 0.717) is 24.2 Å². The molecule has 0 spiro atoms. The molecule has 18 heteroatoms. The van der Waals surface area contributed by atoms with Crippen molar-refractivity contribution in [2.45, 2.75) is 81.4 Å². The molecule has 1 amide bonds. The summed E-state index contributed by atoms with van der Waals surface area (Å²) in [6, 6.07) is 0. The molecular formula is C19H16F13NO3S. The summed E-state index contributed by atoms with van der Waals surface area (Å²) in [6.07, 6.45) is -7.11. The number of thiophene rings is 1. The third-order valence-corrected chi connectivity index (χ3v) is 6.37. The number of hydrogen-bond acceptors (Lipinski definition) is 4. The van der Waals surface area contributed by atoms with Crippen LogP contribution in [-0.4, -0.2) is 53.8 Å². The molecule has 0 atom stereocenters. The number of amides is 1. The first-order valence-corrected chi connectivity index (χ1v) is 10.9. The number of alkyl halides is 13. The fourth-order valence-corrected chi connectivity index (χ4v) is 4.51. The molecule has 1 N–H and O–H groups in total. The molecular weight excluding hydrogens is 569 g/mol. The van der Waals surface area contributed by atoms with Gasteiger partial charge in [0, 0.05) is 4.88 Å². The Morgan fingerprint density at radius 3 is 1.76 bits per heavy atom. The van der Waals surface area contributed by atoms with Crippen LogP contribution in [0.2, 0.25) is 0 Å². The summed E-state index contributed by atoms with van der Waals surface area (Å²) in [6.45, 7) is 2.70. The van der Waals surface area contributed by atoms with Crippen molar-refractivity contribution in [2.75, 3.05) is 5.32 Å². The molecule has 4 nitrogen and oxygen atoms in total. The van der Waals surface area contributed by atoms with Crippen molar-refractivity contribution >= 4 is 28.2 Å². The number of carbonyl (C=O) groups excluding carboxylic acids is 2. The summed E-state index contributed by atoms with van der Waals surface area (Å²) in [5.41, 5.74) is -0.462. The quantitative estimate of drug-likeness (QED) is 0.268. The topological polar surface area (TPSA) is 55.4 Å². The first-order valence-electron chi connectivity index (χ1n) is 10.1. The smallest absolute Gasteiger partial charge is 0.459 e. The minimum Gasteiger partial charge on any atom is -0.459 e. The molecule has 2 rings (SSSR count). The average molecular weight is 585 g/mol. The molecule has 1 aliphatic carbocycles. The predicted molar refractivity (Wildman–Crippen MR) is 101 cm³/mol. The largest absolute Gasteiger partial charge is 0.460 e. The van der Waals surface area contributed by atoms with Crippen molar-refractivity contribution in [2.24, 2.45) is 0 Å². The van der Waals surface area contributed by atoms with Crippen LogP contribution >= 0.6 is 11.3 Å². The zero-order valence-corrected chi connectivity index (χ0v) is 19.3. The number of aryl methyl sites for hydroxylation is 1. The van der Waals surface area contributed by atoms with E-state index in [4.69, 9.17) is 4.74 Å². The SMILES string of the molecule is CC(C)OC(=O)c1c(NC(=O)C(F)(F)C(F)(F)C(F)(F)C(F)(F)C(F)(F)C(F)(F)F)sc2c1CCCC2. The van der Waals surface area contributed by atoms with E-state index in [0.717, 1.165) is 5.32 Å². The van der Waals surface area contributed by atoms with Gasteiger partial charge >= 0.3 is 47.7 Å². The van der Waals surface area contributed by atoms with Crippen LogP contribution < -0.4 is 5.32 Å². The Morgan fingerprint density at radius 2 is 1.27 bits per heavy atom. The lowest BCUT2D eigenvalue weighted by molar-refractivity contribution is -0.435. The molecule has 1 aromatic rings. The first kappa shape index (κ1) is 31.0. The molecule has 0 radical (unpaired) electrons. The zero-order chi connectivity index (χ0) is 29.0. The Balaban J connectivity index is 2.52. The van der Waals surface area contributed by atoms with Crippen LogP contribution in [0.3, 0.4) is 0 Å². The van der Waals surface area contributed by atoms with E-state index >= 15 is 0 Å². The Morgan fingerprint density at radius 1 is 0.784 bits per heavy atom. The van der Waals surface area contributed by atoms with Crippen LogP contribution in [0.25, 0.3) is 0 Å². The molecule has 37 heavy (non-hydrogen) atoms. The summed E-state index contributed by atoms with van der Waals surface area (Å²) < 4.78 is 178. The third kappa shape index (κ3) is 4.84. The number of rotatable bonds is 8. The normalized spacial score (nSPS) is 16.0. The van der Waals surface area contributed by atoms with Crippen molar-refractivity contribution < 1.29 is 71.4 Å². The van der Waals surface area contributed by atoms with Gasteiger partial charge in [-0.1, -0.05) is 0 Å². The number of anilines is 1. The zero-order valence-electron chi connectivity index (χ0n) is 18.5. The summed E-state index contributed by atoms with van der Waals surface area (Å²) in [5, 5.41) is 0.0991. The second kappa shape index (κ2) is 9.48. The van der Waals surface area contributed by atoms with Crippen LogP contribution in [0.4, 0.5) is 62.1 Å². The van der Waals surface area contributed by atoms with Crippen LogP contribution in [0.1, 0.15) is 47.5 Å². The van der Waals surface area contributed by atoms with Crippen molar-refractivity contribution in [3.8, 4) is 0 Å². The summed E-state index contributed by atoms with van der Waals surface area (Å²) in [5.74, 6) is -43.6. The minimum absolute atomic E-state index is 0.119. The highest BCUT2D eigenvalue weighted by molar-refractivity contribution is 7.17. The van der Waals surface area contributed by atoms with Gasteiger partial charge in [0.25, 0.3) is 0 Å². The first-order chi connectivity index (χ1) is 16.4. The van der Waals surface area contributed by atoms with Gasteiger partial charge in [-0.2, -0.15) is 57.1 Å². The Labute approximate surface area is 203 Å². The lowest BCUT2D eigenvalue weighted by Crippen LogP contribution is -2.71. The fourth-order valence-electron chi connectivity index (χ4n) is 3.24. The van der Waals surface area contributed by atoms with Gasteiger partial charge in [-0.25, -0.2) is 4.79 Å². The highest BCUT2D eigenvalue weighted by Gasteiger charge is 2.91. The van der Waals surface area contributed by atoms with Gasteiger partial charge in [0.2, 0.25) is 0 Å². The number of fused-ring (bicyclic) bond motifs is 1. The van der Waals surface area contributed by atoms with Gasteiger partial charge in [0.15, 0.2) is 0 Å². The number of nitrogens with one attached hydrogen (secondary N) is 1. The number of hydrogen-bond donors (Lipinski definition) is 1. The van der Waals surface area contributed by atoms with Gasteiger partial charge in [0.05, 0.1) is 11.7 Å². The maximum absolute atomic E-state index is 14.2. The molecule has 212 valence electrons. The molecule has 1 aromatic heterocycles. The minimum atomic E-state index is -8.13. The second-order valence-electron chi connectivity index (χ2n) is 8.19. The van der Waals surface area contributed by atoms with Crippen LogP contribution in [-0.2, 0) is 22.4 Å². The van der Waals surface area contributed by atoms with Crippen molar-refractivity contribution in [3.05, 3.63) is 16.0 Å². The summed E-state index contributed by atoms with van der Waals surface area (Å²) >= 11 is 0.378. The predicted octanol–water partition coefficient (Wildman–Crippen LogP) is 6.87. The molecule has 0 aliphatic heterocycles. The van der Waals surface area contributed by atoms with E-state index in [1.54, 1.807) is 0 Å². The van der Waals surface area contributed by atoms with E-state index in [1.807, 2.05) is 0 Å². The number of halogens is 13. The van der Waals surface area contributed by atoms with E-state index in [1.165, 1.54) is 13.8 Å². The summed E-state index contributed by atoms with van der Waals surface area (Å²) in [7, 11) is 0. The maximum atomic E-state index is 14.2. The highest BCUT2D eigenvalue weighted by atomic mass is 32.1. The Hall–Kier alpha value is -2.27. The van der Waals surface area contributed by atoms with Crippen molar-refractivity contribution in [1.82, 2.24) is 0 Å². The van der Waals surface area contributed by atoms with Crippen molar-refractivity contribution in [1.29, 1.82) is 0 Å². The second-order valence-corrected chi connectivity index (χ2v) is 9.30. The molecule has 0 saturated heterocycles. The lowest BCUT2D eigenvalue weighted by Gasteiger charge is -2.39.